The Hall–Kier alpha value is -2.43. The van der Waals surface area contributed by atoms with Crippen LogP contribution >= 0.6 is 0 Å². The third-order valence-electron chi connectivity index (χ3n) is 5.43. The van der Waals surface area contributed by atoms with Crippen molar-refractivity contribution in [3.8, 4) is 0 Å². The maximum Gasteiger partial charge on any atom is 0.224 e. The summed E-state index contributed by atoms with van der Waals surface area (Å²) in [5, 5.41) is 3.62. The van der Waals surface area contributed by atoms with E-state index in [0.29, 0.717) is 11.8 Å². The molecule has 0 bridgehead atoms. The molecule has 0 spiro atoms. The number of carbonyl (C=O) groups excluding carboxylic acids is 1. The van der Waals surface area contributed by atoms with Gasteiger partial charge < -0.3 is 10.2 Å². The fourth-order valence-electron chi connectivity index (χ4n) is 4.19. The zero-order valence-corrected chi connectivity index (χ0v) is 14.9. The van der Waals surface area contributed by atoms with Crippen LogP contribution < -0.4 is 10.2 Å². The van der Waals surface area contributed by atoms with E-state index in [2.05, 4.69) is 22.2 Å². The lowest BCUT2D eigenvalue weighted by Gasteiger charge is -2.45. The number of nitrogens with zero attached hydrogens (tertiary/aromatic N) is 3. The van der Waals surface area contributed by atoms with Gasteiger partial charge in [0.25, 0.3) is 0 Å². The lowest BCUT2D eigenvalue weighted by atomic mass is 9.80. The Balaban J connectivity index is 1.77. The molecule has 25 heavy (non-hydrogen) atoms. The van der Waals surface area contributed by atoms with Crippen LogP contribution in [0.4, 0.5) is 11.5 Å². The van der Waals surface area contributed by atoms with E-state index < -0.39 is 0 Å². The number of aromatic nitrogens is 2. The number of hydrogen-bond donors (Lipinski definition) is 1. The van der Waals surface area contributed by atoms with Crippen LogP contribution in [0, 0.1) is 18.8 Å². The molecule has 1 aliphatic heterocycles. The Kier molecular flexibility index (Phi) is 3.94. The molecule has 1 amide bonds. The Morgan fingerprint density at radius 3 is 2.76 bits per heavy atom. The van der Waals surface area contributed by atoms with Crippen molar-refractivity contribution in [1.82, 2.24) is 9.97 Å². The number of pyridine rings is 2. The highest BCUT2D eigenvalue weighted by Gasteiger charge is 2.47. The highest BCUT2D eigenvalue weighted by molar-refractivity contribution is 5.94. The first-order valence-electron chi connectivity index (χ1n) is 9.00. The molecular formula is C20H24N4O. The van der Waals surface area contributed by atoms with Gasteiger partial charge in [0.05, 0.1) is 17.9 Å². The molecule has 0 saturated heterocycles. The van der Waals surface area contributed by atoms with Gasteiger partial charge in [-0.3, -0.25) is 9.78 Å². The van der Waals surface area contributed by atoms with Crippen molar-refractivity contribution >= 4 is 17.4 Å². The normalized spacial score (nSPS) is 25.4. The first-order chi connectivity index (χ1) is 12.1. The molecule has 3 atom stereocenters. The predicted octanol–water partition coefficient (Wildman–Crippen LogP) is 3.72. The van der Waals surface area contributed by atoms with E-state index >= 15 is 0 Å². The monoisotopic (exact) mass is 336 g/mol. The van der Waals surface area contributed by atoms with E-state index in [1.807, 2.05) is 42.3 Å². The Labute approximate surface area is 148 Å². The number of hydrogen-bond acceptors (Lipinski definition) is 4. The van der Waals surface area contributed by atoms with Gasteiger partial charge in [-0.05, 0) is 43.9 Å². The molecule has 1 fully saturated rings. The Morgan fingerprint density at radius 1 is 1.28 bits per heavy atom. The van der Waals surface area contributed by atoms with E-state index in [4.69, 9.17) is 0 Å². The standard InChI is InChI=1S/C20H24N4O/c1-12-5-4-6-18(22-12)23-19-13(2)20(15-7-8-15)24(14(3)25)17-11-21-10-9-16(17)19/h4-6,9-11,13,15,19-20H,7-8H2,1-3H3,(H,22,23)/t13-,19-,20-/m1/s1. The summed E-state index contributed by atoms with van der Waals surface area (Å²) in [6.07, 6.45) is 6.03. The van der Waals surface area contributed by atoms with Crippen molar-refractivity contribution in [2.24, 2.45) is 11.8 Å². The second kappa shape index (κ2) is 6.14. The Morgan fingerprint density at radius 2 is 2.08 bits per heavy atom. The Bertz CT molecular complexity index is 802. The highest BCUT2D eigenvalue weighted by atomic mass is 16.2. The van der Waals surface area contributed by atoms with Gasteiger partial charge in [0.1, 0.15) is 5.82 Å². The second-order valence-electron chi connectivity index (χ2n) is 7.30. The zero-order chi connectivity index (χ0) is 17.6. The van der Waals surface area contributed by atoms with E-state index in [1.54, 1.807) is 13.1 Å². The van der Waals surface area contributed by atoms with Crippen molar-refractivity contribution in [3.63, 3.8) is 0 Å². The zero-order valence-electron chi connectivity index (χ0n) is 14.9. The third kappa shape index (κ3) is 2.88. The fraction of sp³-hybridized carbons (Fsp3) is 0.450. The van der Waals surface area contributed by atoms with Crippen molar-refractivity contribution < 1.29 is 4.79 Å². The second-order valence-corrected chi connectivity index (χ2v) is 7.30. The summed E-state index contributed by atoms with van der Waals surface area (Å²) in [7, 11) is 0. The van der Waals surface area contributed by atoms with Gasteiger partial charge in [-0.2, -0.15) is 0 Å². The smallest absolute Gasteiger partial charge is 0.224 e. The quantitative estimate of drug-likeness (QED) is 0.928. The molecular weight excluding hydrogens is 312 g/mol. The first kappa shape index (κ1) is 16.1. The summed E-state index contributed by atoms with van der Waals surface area (Å²) in [5.41, 5.74) is 3.06. The lowest BCUT2D eigenvalue weighted by Crippen LogP contribution is -2.51. The molecule has 1 aliphatic carbocycles. The molecule has 2 aliphatic rings. The summed E-state index contributed by atoms with van der Waals surface area (Å²) < 4.78 is 0. The highest BCUT2D eigenvalue weighted by Crippen LogP contribution is 2.49. The van der Waals surface area contributed by atoms with E-state index in [-0.39, 0.29) is 18.0 Å². The molecule has 1 saturated carbocycles. The molecule has 0 aromatic carbocycles. The maximum absolute atomic E-state index is 12.4. The summed E-state index contributed by atoms with van der Waals surface area (Å²) in [6, 6.07) is 8.39. The van der Waals surface area contributed by atoms with Gasteiger partial charge >= 0.3 is 0 Å². The molecule has 1 N–H and O–H groups in total. The molecule has 2 aromatic heterocycles. The topological polar surface area (TPSA) is 58.1 Å². The molecule has 5 heteroatoms. The molecule has 130 valence electrons. The van der Waals surface area contributed by atoms with Crippen molar-refractivity contribution in [2.75, 3.05) is 10.2 Å². The minimum atomic E-state index is 0.102. The van der Waals surface area contributed by atoms with Crippen LogP contribution in [-0.4, -0.2) is 21.9 Å². The summed E-state index contributed by atoms with van der Waals surface area (Å²) >= 11 is 0. The molecule has 5 nitrogen and oxygen atoms in total. The van der Waals surface area contributed by atoms with E-state index in [9.17, 15) is 4.79 Å². The summed E-state index contributed by atoms with van der Waals surface area (Å²) in [4.78, 5) is 23.3. The van der Waals surface area contributed by atoms with Crippen molar-refractivity contribution in [2.45, 2.75) is 45.7 Å². The van der Waals surface area contributed by atoms with Crippen LogP contribution in [0.3, 0.4) is 0 Å². The molecule has 0 radical (unpaired) electrons. The van der Waals surface area contributed by atoms with Crippen LogP contribution in [0.5, 0.6) is 0 Å². The van der Waals surface area contributed by atoms with Crippen LogP contribution in [0.2, 0.25) is 0 Å². The predicted molar refractivity (Wildman–Crippen MR) is 98.4 cm³/mol. The van der Waals surface area contributed by atoms with Gasteiger partial charge in [0.2, 0.25) is 5.91 Å². The average Bonchev–Trinajstić information content (AvgIpc) is 3.41. The fourth-order valence-corrected chi connectivity index (χ4v) is 4.19. The summed E-state index contributed by atoms with van der Waals surface area (Å²) in [6.45, 7) is 5.91. The van der Waals surface area contributed by atoms with E-state index in [1.165, 1.54) is 12.8 Å². The summed E-state index contributed by atoms with van der Waals surface area (Å²) in [5.74, 6) is 1.87. The van der Waals surface area contributed by atoms with Crippen LogP contribution in [0.25, 0.3) is 0 Å². The SMILES string of the molecule is CC(=O)N1c2cnccc2[C@H](Nc2cccc(C)n2)[C@@H](C)[C@@H]1C1CC1. The maximum atomic E-state index is 12.4. The van der Waals surface area contributed by atoms with E-state index in [0.717, 1.165) is 22.8 Å². The number of nitrogens with one attached hydrogen (secondary N) is 1. The van der Waals surface area contributed by atoms with Crippen LogP contribution in [0.1, 0.15) is 44.0 Å². The number of carbonyl (C=O) groups is 1. The minimum Gasteiger partial charge on any atom is -0.363 e. The van der Waals surface area contributed by atoms with Crippen LogP contribution in [-0.2, 0) is 4.79 Å². The molecule has 0 unspecified atom stereocenters. The van der Waals surface area contributed by atoms with Gasteiger partial charge in [0, 0.05) is 36.3 Å². The number of aryl methyl sites for hydroxylation is 1. The van der Waals surface area contributed by atoms with Crippen molar-refractivity contribution in [1.29, 1.82) is 0 Å². The van der Waals surface area contributed by atoms with Gasteiger partial charge in [0.15, 0.2) is 0 Å². The van der Waals surface area contributed by atoms with Gasteiger partial charge in [-0.1, -0.05) is 13.0 Å². The number of fused-ring (bicyclic) bond motifs is 1. The third-order valence-corrected chi connectivity index (χ3v) is 5.43. The molecule has 4 rings (SSSR count). The average molecular weight is 336 g/mol. The number of amides is 1. The largest absolute Gasteiger partial charge is 0.363 e. The lowest BCUT2D eigenvalue weighted by molar-refractivity contribution is -0.117. The van der Waals surface area contributed by atoms with Crippen molar-refractivity contribution in [3.05, 3.63) is 47.9 Å². The molecule has 3 heterocycles. The molecule has 2 aromatic rings. The van der Waals surface area contributed by atoms with Gasteiger partial charge in [-0.15, -0.1) is 0 Å². The minimum absolute atomic E-state index is 0.102. The first-order valence-corrected chi connectivity index (χ1v) is 9.00. The number of rotatable bonds is 3. The van der Waals surface area contributed by atoms with Crippen LogP contribution in [0.15, 0.2) is 36.7 Å². The number of anilines is 2. The van der Waals surface area contributed by atoms with Gasteiger partial charge in [-0.25, -0.2) is 4.98 Å².